The number of halogens is 1. The summed E-state index contributed by atoms with van der Waals surface area (Å²) < 4.78 is 11.6. The van der Waals surface area contributed by atoms with Crippen LogP contribution >= 0.6 is 12.4 Å². The number of benzene rings is 2. The topological polar surface area (TPSA) is 51.7 Å². The van der Waals surface area contributed by atoms with Crippen molar-refractivity contribution in [2.24, 2.45) is 5.92 Å². The molecule has 2 heterocycles. The standard InChI is InChI=1S/C26H28N2O3.ClH/c1-18-24(11-8-21-3-2-14-27-25(18)21)20-6-9-22(10-7-20)31-23-12-15-28(16-13-23)26(29)30-17-19-4-5-19;/h2-3,6-11,14,19,23H,4-5,12-13,15-17H2,1H3;1H. The molecule has 168 valence electrons. The summed E-state index contributed by atoms with van der Waals surface area (Å²) in [6.45, 7) is 4.08. The molecular weight excluding hydrogens is 424 g/mol. The molecule has 32 heavy (non-hydrogen) atoms. The van der Waals surface area contributed by atoms with E-state index in [1.807, 2.05) is 29.3 Å². The first kappa shape index (κ1) is 22.4. The van der Waals surface area contributed by atoms with E-state index in [0.717, 1.165) is 35.1 Å². The number of rotatable bonds is 5. The van der Waals surface area contributed by atoms with Crippen molar-refractivity contribution in [3.63, 3.8) is 0 Å². The lowest BCUT2D eigenvalue weighted by Gasteiger charge is -2.31. The van der Waals surface area contributed by atoms with Gasteiger partial charge >= 0.3 is 6.09 Å². The first-order valence-electron chi connectivity index (χ1n) is 11.2. The number of amides is 1. The molecule has 5 nitrogen and oxygen atoms in total. The van der Waals surface area contributed by atoms with Gasteiger partial charge in [-0.25, -0.2) is 4.79 Å². The quantitative estimate of drug-likeness (QED) is 0.474. The fraction of sp³-hybridized carbons (Fsp3) is 0.385. The predicted octanol–water partition coefficient (Wildman–Crippen LogP) is 6.02. The van der Waals surface area contributed by atoms with Gasteiger partial charge in [-0.2, -0.15) is 0 Å². The molecule has 0 bridgehead atoms. The van der Waals surface area contributed by atoms with Crippen molar-refractivity contribution < 1.29 is 14.3 Å². The van der Waals surface area contributed by atoms with Gasteiger partial charge in [-0.1, -0.05) is 30.3 Å². The van der Waals surface area contributed by atoms with Crippen molar-refractivity contribution in [1.82, 2.24) is 9.88 Å². The second kappa shape index (κ2) is 9.78. The molecule has 2 fully saturated rings. The summed E-state index contributed by atoms with van der Waals surface area (Å²) in [5.41, 5.74) is 4.58. The third-order valence-electron chi connectivity index (χ3n) is 6.34. The summed E-state index contributed by atoms with van der Waals surface area (Å²) in [5, 5.41) is 1.16. The molecule has 3 aromatic rings. The highest BCUT2D eigenvalue weighted by atomic mass is 35.5. The highest BCUT2D eigenvalue weighted by Crippen LogP contribution is 2.31. The van der Waals surface area contributed by atoms with Gasteiger partial charge in [0.05, 0.1) is 12.1 Å². The van der Waals surface area contributed by atoms with Gasteiger partial charge in [-0.3, -0.25) is 4.98 Å². The van der Waals surface area contributed by atoms with Crippen LogP contribution < -0.4 is 4.74 Å². The number of hydrogen-bond acceptors (Lipinski definition) is 4. The maximum atomic E-state index is 12.1. The van der Waals surface area contributed by atoms with E-state index in [0.29, 0.717) is 25.6 Å². The minimum absolute atomic E-state index is 0. The number of ether oxygens (including phenoxy) is 2. The monoisotopic (exact) mass is 452 g/mol. The number of aryl methyl sites for hydroxylation is 1. The van der Waals surface area contributed by atoms with E-state index in [1.54, 1.807) is 0 Å². The average Bonchev–Trinajstić information content (AvgIpc) is 3.64. The number of carbonyl (C=O) groups excluding carboxylic acids is 1. The van der Waals surface area contributed by atoms with Crippen LogP contribution in [0.3, 0.4) is 0 Å². The van der Waals surface area contributed by atoms with E-state index in [-0.39, 0.29) is 24.6 Å². The number of fused-ring (bicyclic) bond motifs is 1. The van der Waals surface area contributed by atoms with Crippen molar-refractivity contribution in [2.75, 3.05) is 19.7 Å². The zero-order valence-electron chi connectivity index (χ0n) is 18.3. The first-order valence-corrected chi connectivity index (χ1v) is 11.2. The Morgan fingerprint density at radius 2 is 1.78 bits per heavy atom. The zero-order valence-corrected chi connectivity index (χ0v) is 19.1. The molecule has 1 aliphatic heterocycles. The number of nitrogens with zero attached hydrogens (tertiary/aromatic N) is 2. The second-order valence-electron chi connectivity index (χ2n) is 8.66. The summed E-state index contributed by atoms with van der Waals surface area (Å²) in [4.78, 5) is 18.5. The van der Waals surface area contributed by atoms with Crippen molar-refractivity contribution in [3.05, 3.63) is 60.3 Å². The molecule has 0 N–H and O–H groups in total. The zero-order chi connectivity index (χ0) is 21.2. The van der Waals surface area contributed by atoms with E-state index in [1.165, 1.54) is 24.0 Å². The van der Waals surface area contributed by atoms with Gasteiger partial charge in [0, 0.05) is 37.5 Å². The van der Waals surface area contributed by atoms with Crippen LogP contribution in [0.1, 0.15) is 31.2 Å². The third-order valence-corrected chi connectivity index (χ3v) is 6.34. The predicted molar refractivity (Wildman–Crippen MR) is 128 cm³/mol. The lowest BCUT2D eigenvalue weighted by Crippen LogP contribution is -2.42. The Balaban J connectivity index is 0.00000245. The maximum absolute atomic E-state index is 12.1. The van der Waals surface area contributed by atoms with E-state index >= 15 is 0 Å². The van der Waals surface area contributed by atoms with Crippen LogP contribution in [0.15, 0.2) is 54.7 Å². The molecule has 0 radical (unpaired) electrons. The Morgan fingerprint density at radius 3 is 2.50 bits per heavy atom. The molecule has 2 aromatic carbocycles. The Hall–Kier alpha value is -2.79. The Labute approximate surface area is 195 Å². The van der Waals surface area contributed by atoms with Gasteiger partial charge < -0.3 is 14.4 Å². The minimum atomic E-state index is -0.171. The van der Waals surface area contributed by atoms with Gasteiger partial charge in [0.25, 0.3) is 0 Å². The van der Waals surface area contributed by atoms with Crippen molar-refractivity contribution in [2.45, 2.75) is 38.7 Å². The summed E-state index contributed by atoms with van der Waals surface area (Å²) in [7, 11) is 0. The third kappa shape index (κ3) is 4.99. The summed E-state index contributed by atoms with van der Waals surface area (Å²) in [6, 6.07) is 16.6. The molecule has 5 rings (SSSR count). The fourth-order valence-electron chi connectivity index (χ4n) is 4.23. The molecule has 0 unspecified atom stereocenters. The SMILES string of the molecule is Cc1c(-c2ccc(OC3CCN(C(=O)OCC4CC4)CC3)cc2)ccc2cccnc12.Cl. The highest BCUT2D eigenvalue weighted by Gasteiger charge is 2.27. The highest BCUT2D eigenvalue weighted by molar-refractivity contribution is 5.88. The van der Waals surface area contributed by atoms with Crippen LogP contribution in [0.5, 0.6) is 5.75 Å². The van der Waals surface area contributed by atoms with E-state index in [2.05, 4.69) is 42.2 Å². The summed E-state index contributed by atoms with van der Waals surface area (Å²) in [5.74, 6) is 1.47. The van der Waals surface area contributed by atoms with Crippen LogP contribution in [-0.4, -0.2) is 41.8 Å². The molecule has 1 aromatic heterocycles. The molecule has 0 atom stereocenters. The Morgan fingerprint density at radius 1 is 1.03 bits per heavy atom. The number of carbonyl (C=O) groups is 1. The number of pyridine rings is 1. The molecule has 2 aliphatic rings. The summed E-state index contributed by atoms with van der Waals surface area (Å²) >= 11 is 0. The van der Waals surface area contributed by atoms with E-state index < -0.39 is 0 Å². The van der Waals surface area contributed by atoms with Crippen LogP contribution in [-0.2, 0) is 4.74 Å². The molecule has 1 saturated heterocycles. The number of hydrogen-bond donors (Lipinski definition) is 0. The normalized spacial score (nSPS) is 16.5. The van der Waals surface area contributed by atoms with Crippen molar-refractivity contribution in [3.8, 4) is 16.9 Å². The van der Waals surface area contributed by atoms with Crippen LogP contribution in [0.2, 0.25) is 0 Å². The lowest BCUT2D eigenvalue weighted by molar-refractivity contribution is 0.0653. The maximum Gasteiger partial charge on any atom is 0.409 e. The summed E-state index contributed by atoms with van der Waals surface area (Å²) in [6.07, 6.45) is 5.85. The van der Waals surface area contributed by atoms with E-state index in [9.17, 15) is 4.79 Å². The van der Waals surface area contributed by atoms with Crippen molar-refractivity contribution >= 4 is 29.4 Å². The van der Waals surface area contributed by atoms with Gasteiger partial charge in [-0.05, 0) is 60.6 Å². The largest absolute Gasteiger partial charge is 0.490 e. The minimum Gasteiger partial charge on any atom is -0.490 e. The second-order valence-corrected chi connectivity index (χ2v) is 8.66. The number of aromatic nitrogens is 1. The molecule has 1 aliphatic carbocycles. The Bertz CT molecular complexity index is 1070. The number of likely N-dealkylation sites (tertiary alicyclic amines) is 1. The van der Waals surface area contributed by atoms with Gasteiger partial charge in [0.15, 0.2) is 0 Å². The molecule has 6 heteroatoms. The first-order chi connectivity index (χ1) is 15.2. The Kier molecular flexibility index (Phi) is 6.85. The van der Waals surface area contributed by atoms with Crippen LogP contribution in [0.25, 0.3) is 22.0 Å². The molecule has 1 saturated carbocycles. The molecule has 0 spiro atoms. The molecule has 1 amide bonds. The van der Waals surface area contributed by atoms with Crippen molar-refractivity contribution in [1.29, 1.82) is 0 Å². The average molecular weight is 453 g/mol. The van der Waals surface area contributed by atoms with Gasteiger partial charge in [-0.15, -0.1) is 12.4 Å². The van der Waals surface area contributed by atoms with Crippen LogP contribution in [0.4, 0.5) is 4.79 Å². The van der Waals surface area contributed by atoms with Gasteiger partial charge in [0.2, 0.25) is 0 Å². The smallest absolute Gasteiger partial charge is 0.409 e. The van der Waals surface area contributed by atoms with Gasteiger partial charge in [0.1, 0.15) is 11.9 Å². The molecular formula is C26H29ClN2O3. The fourth-order valence-corrected chi connectivity index (χ4v) is 4.23. The number of piperidine rings is 1. The van der Waals surface area contributed by atoms with Crippen LogP contribution in [0, 0.1) is 12.8 Å². The lowest BCUT2D eigenvalue weighted by atomic mass is 9.98. The van der Waals surface area contributed by atoms with E-state index in [4.69, 9.17) is 9.47 Å².